The summed E-state index contributed by atoms with van der Waals surface area (Å²) in [5, 5.41) is 12.7. The summed E-state index contributed by atoms with van der Waals surface area (Å²) in [5.41, 5.74) is 1.52. The lowest BCUT2D eigenvalue weighted by Gasteiger charge is -2.26. The van der Waals surface area contributed by atoms with Crippen LogP contribution in [0.5, 0.6) is 0 Å². The third-order valence-corrected chi connectivity index (χ3v) is 6.31. The van der Waals surface area contributed by atoms with Crippen molar-refractivity contribution in [1.29, 1.82) is 5.26 Å². The number of hydrogen-bond donors (Lipinski definition) is 1. The van der Waals surface area contributed by atoms with Gasteiger partial charge in [0.1, 0.15) is 11.1 Å². The molecule has 0 aliphatic carbocycles. The van der Waals surface area contributed by atoms with E-state index in [0.717, 1.165) is 35.7 Å². The average molecular weight is 478 g/mol. The highest BCUT2D eigenvalue weighted by molar-refractivity contribution is 7.16. The maximum atomic E-state index is 12.9. The van der Waals surface area contributed by atoms with Crippen molar-refractivity contribution in [2.24, 2.45) is 0 Å². The average Bonchev–Trinajstić information content (AvgIpc) is 3.10. The molecule has 0 spiro atoms. The zero-order valence-corrected chi connectivity index (χ0v) is 18.4. The van der Waals surface area contributed by atoms with E-state index in [4.69, 9.17) is 0 Å². The lowest BCUT2D eigenvalue weighted by molar-refractivity contribution is -0.137. The molecule has 0 saturated heterocycles. The van der Waals surface area contributed by atoms with Crippen LogP contribution in [0.25, 0.3) is 0 Å². The number of fused-ring (bicyclic) bond motifs is 1. The summed E-state index contributed by atoms with van der Waals surface area (Å²) in [6, 6.07) is 16.5. The van der Waals surface area contributed by atoms with Crippen molar-refractivity contribution in [3.05, 3.63) is 87.3 Å². The predicted octanol–water partition coefficient (Wildman–Crippen LogP) is 5.87. The summed E-state index contributed by atoms with van der Waals surface area (Å²) in [6.45, 7) is 2.23. The molecule has 2 aromatic carbocycles. The molecule has 32 heavy (non-hydrogen) atoms. The number of thiophene rings is 1. The summed E-state index contributed by atoms with van der Waals surface area (Å²) >= 11 is 1.32. The van der Waals surface area contributed by atoms with Crippen LogP contribution < -0.4 is 5.32 Å². The standard InChI is InChI=1S/C23H18F3N3OS.ClH/c24-23(25,26)17-8-4-7-16(11-17)21(30)28-22-19(12-27)18-9-10-29(14-20(18)31-22)13-15-5-2-1-3-6-15;/h1-8,11H,9-10,13-14H2,(H,28,30);1H. The molecule has 4 nitrogen and oxygen atoms in total. The first-order chi connectivity index (χ1) is 14.8. The van der Waals surface area contributed by atoms with Gasteiger partial charge in [-0.3, -0.25) is 9.69 Å². The molecule has 1 N–H and O–H groups in total. The Morgan fingerprint density at radius 2 is 1.91 bits per heavy atom. The Hall–Kier alpha value is -2.86. The van der Waals surface area contributed by atoms with Crippen molar-refractivity contribution in [3.63, 3.8) is 0 Å². The molecule has 0 fully saturated rings. The minimum Gasteiger partial charge on any atom is -0.312 e. The second-order valence-corrected chi connectivity index (χ2v) is 8.40. The van der Waals surface area contributed by atoms with E-state index in [2.05, 4.69) is 28.4 Å². The van der Waals surface area contributed by atoms with Gasteiger partial charge in [0.2, 0.25) is 0 Å². The zero-order valence-electron chi connectivity index (χ0n) is 16.8. The summed E-state index contributed by atoms with van der Waals surface area (Å²) in [4.78, 5) is 15.9. The summed E-state index contributed by atoms with van der Waals surface area (Å²) in [6.07, 6.45) is -3.85. The van der Waals surface area contributed by atoms with Crippen LogP contribution in [-0.2, 0) is 25.7 Å². The van der Waals surface area contributed by atoms with Gasteiger partial charge >= 0.3 is 6.18 Å². The number of carbonyl (C=O) groups is 1. The maximum absolute atomic E-state index is 12.9. The Balaban J connectivity index is 0.00000289. The molecule has 2 heterocycles. The summed E-state index contributed by atoms with van der Waals surface area (Å²) in [5.74, 6) is -0.665. The summed E-state index contributed by atoms with van der Waals surface area (Å²) < 4.78 is 38.8. The lowest BCUT2D eigenvalue weighted by atomic mass is 10.0. The van der Waals surface area contributed by atoms with Gasteiger partial charge < -0.3 is 5.32 Å². The van der Waals surface area contributed by atoms with Gasteiger partial charge in [0.05, 0.1) is 11.1 Å². The number of anilines is 1. The molecule has 3 aromatic rings. The first-order valence-corrected chi connectivity index (χ1v) is 10.5. The van der Waals surface area contributed by atoms with Crippen LogP contribution >= 0.6 is 23.7 Å². The van der Waals surface area contributed by atoms with Gasteiger partial charge in [0, 0.05) is 30.1 Å². The number of benzene rings is 2. The van der Waals surface area contributed by atoms with Crippen LogP contribution in [0.1, 0.15) is 37.5 Å². The van der Waals surface area contributed by atoms with Gasteiger partial charge in [-0.25, -0.2) is 0 Å². The van der Waals surface area contributed by atoms with Crippen molar-refractivity contribution in [1.82, 2.24) is 4.90 Å². The molecule has 9 heteroatoms. The fourth-order valence-electron chi connectivity index (χ4n) is 3.65. The van der Waals surface area contributed by atoms with Gasteiger partial charge in [-0.15, -0.1) is 23.7 Å². The van der Waals surface area contributed by atoms with E-state index in [9.17, 15) is 23.2 Å². The molecular weight excluding hydrogens is 459 g/mol. The van der Waals surface area contributed by atoms with Crippen molar-refractivity contribution >= 4 is 34.7 Å². The fraction of sp³-hybridized carbons (Fsp3) is 0.217. The fourth-order valence-corrected chi connectivity index (χ4v) is 4.89. The normalized spacial score (nSPS) is 13.6. The highest BCUT2D eigenvalue weighted by Crippen LogP contribution is 2.37. The molecule has 0 unspecified atom stereocenters. The van der Waals surface area contributed by atoms with E-state index in [1.54, 1.807) is 0 Å². The number of alkyl halides is 3. The topological polar surface area (TPSA) is 56.1 Å². The molecule has 0 saturated carbocycles. The monoisotopic (exact) mass is 477 g/mol. The van der Waals surface area contributed by atoms with Crippen LogP contribution in [0, 0.1) is 11.3 Å². The first kappa shape index (κ1) is 23.8. The highest BCUT2D eigenvalue weighted by Gasteiger charge is 2.31. The van der Waals surface area contributed by atoms with Gasteiger partial charge in [-0.2, -0.15) is 18.4 Å². The van der Waals surface area contributed by atoms with Crippen molar-refractivity contribution in [2.45, 2.75) is 25.7 Å². The molecule has 4 rings (SSSR count). The number of amides is 1. The van der Waals surface area contributed by atoms with E-state index in [1.165, 1.54) is 29.0 Å². The van der Waals surface area contributed by atoms with E-state index in [0.29, 0.717) is 23.5 Å². The van der Waals surface area contributed by atoms with Crippen LogP contribution in [0.2, 0.25) is 0 Å². The zero-order chi connectivity index (χ0) is 22.0. The van der Waals surface area contributed by atoms with Crippen molar-refractivity contribution < 1.29 is 18.0 Å². The first-order valence-electron chi connectivity index (χ1n) is 9.64. The van der Waals surface area contributed by atoms with Crippen LogP contribution in [-0.4, -0.2) is 17.4 Å². The Labute approximate surface area is 193 Å². The van der Waals surface area contributed by atoms with Gasteiger partial charge in [-0.1, -0.05) is 36.4 Å². The number of carbonyl (C=O) groups excluding carboxylic acids is 1. The molecule has 1 aliphatic heterocycles. The maximum Gasteiger partial charge on any atom is 0.416 e. The third-order valence-electron chi connectivity index (χ3n) is 5.18. The molecule has 0 bridgehead atoms. The van der Waals surface area contributed by atoms with Gasteiger partial charge in [-0.05, 0) is 35.7 Å². The minimum atomic E-state index is -4.53. The Morgan fingerprint density at radius 3 is 2.59 bits per heavy atom. The number of hydrogen-bond acceptors (Lipinski definition) is 4. The largest absolute Gasteiger partial charge is 0.416 e. The van der Waals surface area contributed by atoms with Crippen LogP contribution in [0.15, 0.2) is 54.6 Å². The van der Waals surface area contributed by atoms with E-state index >= 15 is 0 Å². The molecule has 0 atom stereocenters. The Bertz CT molecular complexity index is 1160. The van der Waals surface area contributed by atoms with Crippen molar-refractivity contribution in [2.75, 3.05) is 11.9 Å². The highest BCUT2D eigenvalue weighted by atomic mass is 35.5. The number of nitriles is 1. The Morgan fingerprint density at radius 1 is 1.16 bits per heavy atom. The van der Waals surface area contributed by atoms with Gasteiger partial charge in [0.15, 0.2) is 0 Å². The van der Waals surface area contributed by atoms with Gasteiger partial charge in [0.25, 0.3) is 5.91 Å². The molecule has 0 radical (unpaired) electrons. The predicted molar refractivity (Wildman–Crippen MR) is 120 cm³/mol. The lowest BCUT2D eigenvalue weighted by Crippen LogP contribution is -2.29. The quantitative estimate of drug-likeness (QED) is 0.511. The number of halogens is 4. The molecule has 1 amide bonds. The SMILES string of the molecule is Cl.N#Cc1c(NC(=O)c2cccc(C(F)(F)F)c2)sc2c1CCN(Cc1ccccc1)C2. The van der Waals surface area contributed by atoms with E-state index in [-0.39, 0.29) is 18.0 Å². The van der Waals surface area contributed by atoms with E-state index in [1.807, 2.05) is 18.2 Å². The smallest absolute Gasteiger partial charge is 0.312 e. The molecule has 1 aliphatic rings. The minimum absolute atomic E-state index is 0. The second-order valence-electron chi connectivity index (χ2n) is 7.30. The van der Waals surface area contributed by atoms with Crippen molar-refractivity contribution in [3.8, 4) is 6.07 Å². The van der Waals surface area contributed by atoms with E-state index < -0.39 is 17.6 Å². The van der Waals surface area contributed by atoms with Crippen LogP contribution in [0.4, 0.5) is 18.2 Å². The molecule has 1 aromatic heterocycles. The second kappa shape index (κ2) is 9.74. The number of rotatable bonds is 4. The number of nitrogens with one attached hydrogen (secondary N) is 1. The van der Waals surface area contributed by atoms with Crippen LogP contribution in [0.3, 0.4) is 0 Å². The number of nitrogens with zero attached hydrogens (tertiary/aromatic N) is 2. The Kier molecular flexibility index (Phi) is 7.24. The molecule has 166 valence electrons. The summed E-state index contributed by atoms with van der Waals surface area (Å²) in [7, 11) is 0. The molecular formula is C23H19ClF3N3OS. The third kappa shape index (κ3) is 5.13.